The molecule has 4 rings (SSSR count). The van der Waals surface area contributed by atoms with Gasteiger partial charge in [-0.15, -0.1) is 0 Å². The van der Waals surface area contributed by atoms with Crippen LogP contribution < -0.4 is 21.5 Å². The molecule has 1 fully saturated rings. The number of aryl methyl sites for hydroxylation is 1. The van der Waals surface area contributed by atoms with E-state index in [1.807, 2.05) is 19.2 Å². The topological polar surface area (TPSA) is 181 Å². The van der Waals surface area contributed by atoms with E-state index in [2.05, 4.69) is 37.6 Å². The number of aldehydes is 2. The van der Waals surface area contributed by atoms with Gasteiger partial charge in [-0.3, -0.25) is 14.6 Å². The molecule has 0 bridgehead atoms. The summed E-state index contributed by atoms with van der Waals surface area (Å²) in [6.07, 6.45) is 15.1. The number of aromatic amines is 1. The number of hydrogen-bond acceptors (Lipinski definition) is 11. The molecule has 1 aliphatic rings. The maximum atomic E-state index is 13.7. The highest BCUT2D eigenvalue weighted by Gasteiger charge is 2.18. The Bertz CT molecular complexity index is 1380. The number of carbonyl (C=O) groups excluding carboxylic acids is 4. The number of amides is 1. The van der Waals surface area contributed by atoms with E-state index in [0.717, 1.165) is 94.5 Å². The van der Waals surface area contributed by atoms with Gasteiger partial charge in [-0.05, 0) is 45.2 Å². The van der Waals surface area contributed by atoms with E-state index in [0.29, 0.717) is 18.4 Å². The van der Waals surface area contributed by atoms with E-state index in [4.69, 9.17) is 11.6 Å². The number of rotatable bonds is 13. The molecule has 0 atom stereocenters. The van der Waals surface area contributed by atoms with Gasteiger partial charge in [-0.25, -0.2) is 20.2 Å². The van der Waals surface area contributed by atoms with Crippen LogP contribution in [0.25, 0.3) is 10.9 Å². The average molecular weight is 657 g/mol. The summed E-state index contributed by atoms with van der Waals surface area (Å²) in [5.74, 6) is 6.19. The fourth-order valence-corrected chi connectivity index (χ4v) is 4.39. The summed E-state index contributed by atoms with van der Waals surface area (Å²) in [4.78, 5) is 56.7. The number of hydrogen-bond donors (Lipinski definition) is 3. The van der Waals surface area contributed by atoms with E-state index in [1.165, 1.54) is 31.1 Å². The van der Waals surface area contributed by atoms with E-state index in [9.17, 15) is 23.6 Å². The molecule has 14 heteroatoms. The minimum absolute atomic E-state index is 0.174. The van der Waals surface area contributed by atoms with Gasteiger partial charge >= 0.3 is 0 Å². The van der Waals surface area contributed by atoms with Crippen molar-refractivity contribution in [2.45, 2.75) is 59.3 Å². The molecule has 0 aromatic carbocycles. The predicted octanol–water partition coefficient (Wildman–Crippen LogP) is 4.06. The maximum absolute atomic E-state index is 13.7. The Kier molecular flexibility index (Phi) is 20.3. The zero-order valence-corrected chi connectivity index (χ0v) is 27.9. The SMILES string of the molecule is CC(=O)c1c[nH]c2c(N(N)/C=C\N)ncc(F)c12.CCOC.Cc1cccnc1N1CCN(C=O)CC1.O=CCCCCCCC=O. The van der Waals surface area contributed by atoms with Gasteiger partial charge in [0, 0.05) is 83.1 Å². The maximum Gasteiger partial charge on any atom is 0.209 e. The number of unbranched alkanes of at least 4 members (excludes halogenated alkanes) is 5. The lowest BCUT2D eigenvalue weighted by Crippen LogP contribution is -2.46. The third kappa shape index (κ3) is 14.1. The van der Waals surface area contributed by atoms with Crippen molar-refractivity contribution in [2.75, 3.05) is 49.8 Å². The minimum Gasteiger partial charge on any atom is -0.403 e. The highest BCUT2D eigenvalue weighted by atomic mass is 19.1. The van der Waals surface area contributed by atoms with E-state index >= 15 is 0 Å². The molecule has 0 radical (unpaired) electrons. The Morgan fingerprint density at radius 1 is 1.09 bits per heavy atom. The molecular weight excluding hydrogens is 607 g/mol. The van der Waals surface area contributed by atoms with Crippen molar-refractivity contribution < 1.29 is 28.3 Å². The molecule has 5 N–H and O–H groups in total. The summed E-state index contributed by atoms with van der Waals surface area (Å²) in [6.45, 7) is 9.53. The van der Waals surface area contributed by atoms with Gasteiger partial charge < -0.3 is 34.8 Å². The van der Waals surface area contributed by atoms with Crippen LogP contribution in [0.15, 0.2) is 43.1 Å². The minimum atomic E-state index is -0.578. The van der Waals surface area contributed by atoms with Crippen molar-refractivity contribution in [3.63, 3.8) is 0 Å². The third-order valence-electron chi connectivity index (χ3n) is 6.94. The highest BCUT2D eigenvalue weighted by molar-refractivity contribution is 6.09. The molecule has 1 amide bonds. The second-order valence-electron chi connectivity index (χ2n) is 10.4. The molecule has 0 saturated carbocycles. The van der Waals surface area contributed by atoms with E-state index in [-0.39, 0.29) is 22.6 Å². The second-order valence-corrected chi connectivity index (χ2v) is 10.4. The summed E-state index contributed by atoms with van der Waals surface area (Å²) in [6, 6.07) is 4.01. The van der Waals surface area contributed by atoms with E-state index < -0.39 is 5.82 Å². The van der Waals surface area contributed by atoms with Gasteiger partial charge in [0.05, 0.1) is 17.1 Å². The fraction of sp³-hybridized carbons (Fsp3) is 0.455. The third-order valence-corrected chi connectivity index (χ3v) is 6.94. The number of H-pyrrole nitrogens is 1. The van der Waals surface area contributed by atoms with Crippen LogP contribution >= 0.6 is 0 Å². The number of carbonyl (C=O) groups is 4. The Morgan fingerprint density at radius 3 is 2.19 bits per heavy atom. The summed E-state index contributed by atoms with van der Waals surface area (Å²) < 4.78 is 18.3. The number of Topliss-reactive ketones (excluding diaryl/α,β-unsaturated/α-hetero) is 1. The molecule has 0 unspecified atom stereocenters. The normalized spacial score (nSPS) is 12.2. The van der Waals surface area contributed by atoms with Gasteiger partial charge in [0.25, 0.3) is 0 Å². The molecule has 3 aromatic heterocycles. The lowest BCUT2D eigenvalue weighted by molar-refractivity contribution is -0.118. The molecule has 0 aliphatic carbocycles. The molecule has 3 aromatic rings. The number of methoxy groups -OCH3 is 1. The van der Waals surface area contributed by atoms with Crippen molar-refractivity contribution in [2.24, 2.45) is 11.6 Å². The second kappa shape index (κ2) is 23.6. The van der Waals surface area contributed by atoms with Gasteiger partial charge in [0.15, 0.2) is 17.4 Å². The number of nitrogens with one attached hydrogen (secondary N) is 1. The number of ketones is 1. The molecule has 47 heavy (non-hydrogen) atoms. The Balaban J connectivity index is 0.000000345. The molecule has 1 aliphatic heterocycles. The van der Waals surface area contributed by atoms with Crippen LogP contribution in [0.5, 0.6) is 0 Å². The molecule has 258 valence electrons. The Hall–Kier alpha value is -4.69. The quantitative estimate of drug-likeness (QED) is 0.0794. The lowest BCUT2D eigenvalue weighted by Gasteiger charge is -2.33. The number of hydrazine groups is 1. The van der Waals surface area contributed by atoms with Crippen LogP contribution in [0, 0.1) is 12.7 Å². The fourth-order valence-electron chi connectivity index (χ4n) is 4.39. The number of anilines is 2. The number of aromatic nitrogens is 3. The number of halogens is 1. The van der Waals surface area contributed by atoms with Gasteiger partial charge in [-0.1, -0.05) is 18.9 Å². The summed E-state index contributed by atoms with van der Waals surface area (Å²) in [5, 5.41) is 1.32. The van der Waals surface area contributed by atoms with Gasteiger partial charge in [-0.2, -0.15) is 0 Å². The summed E-state index contributed by atoms with van der Waals surface area (Å²) in [7, 11) is 1.68. The van der Waals surface area contributed by atoms with Crippen molar-refractivity contribution in [3.8, 4) is 0 Å². The lowest BCUT2D eigenvalue weighted by atomic mass is 10.1. The van der Waals surface area contributed by atoms with Crippen molar-refractivity contribution in [1.29, 1.82) is 0 Å². The number of ether oxygens (including phenoxy) is 1. The largest absolute Gasteiger partial charge is 0.403 e. The van der Waals surface area contributed by atoms with Crippen LogP contribution in [0.2, 0.25) is 0 Å². The van der Waals surface area contributed by atoms with Gasteiger partial charge in [0.2, 0.25) is 6.41 Å². The molecule has 0 spiro atoms. The monoisotopic (exact) mass is 656 g/mol. The number of fused-ring (bicyclic) bond motifs is 1. The van der Waals surface area contributed by atoms with Crippen LogP contribution in [0.3, 0.4) is 0 Å². The van der Waals surface area contributed by atoms with Crippen LogP contribution in [0.1, 0.15) is 68.3 Å². The molecule has 13 nitrogen and oxygen atoms in total. The van der Waals surface area contributed by atoms with E-state index in [1.54, 1.807) is 12.0 Å². The number of pyridine rings is 2. The smallest absolute Gasteiger partial charge is 0.209 e. The highest BCUT2D eigenvalue weighted by Crippen LogP contribution is 2.28. The van der Waals surface area contributed by atoms with Crippen molar-refractivity contribution in [1.82, 2.24) is 19.9 Å². The molecular formula is C33H49FN8O5. The van der Waals surface area contributed by atoms with Crippen LogP contribution in [-0.2, 0) is 19.1 Å². The average Bonchev–Trinajstić information content (AvgIpc) is 3.54. The Labute approximate surface area is 276 Å². The van der Waals surface area contributed by atoms with Crippen LogP contribution in [-0.4, -0.2) is 84.5 Å². The van der Waals surface area contributed by atoms with Crippen molar-refractivity contribution >= 4 is 47.3 Å². The standard InChI is InChI=1S/C11H12FN5O.C11H15N3O.C8H14O2.C3H8O/c1-6(18)7-4-15-10-9(7)8(12)5-16-11(10)17(14)3-2-13;1-10-3-2-4-12-11(10)14-7-5-13(9-15)6-8-14;9-7-5-3-1-2-4-6-8-10;1-3-4-2/h2-5,15H,13-14H2,1H3;2-4,9H,5-8H2,1H3;7-8H,1-6H2;3H2,1-2H3/b3-2-;;;. The number of piperazine rings is 1. The zero-order valence-electron chi connectivity index (χ0n) is 27.9. The first kappa shape index (κ1) is 40.3. The van der Waals surface area contributed by atoms with Gasteiger partial charge in [0.1, 0.15) is 18.4 Å². The first-order valence-electron chi connectivity index (χ1n) is 15.5. The zero-order chi connectivity index (χ0) is 35.0. The first-order chi connectivity index (χ1) is 22.7. The summed E-state index contributed by atoms with van der Waals surface area (Å²) in [5.41, 5.74) is 7.03. The predicted molar refractivity (Wildman–Crippen MR) is 182 cm³/mol. The molecule has 4 heterocycles. The Morgan fingerprint density at radius 2 is 1.70 bits per heavy atom. The first-order valence-corrected chi connectivity index (χ1v) is 15.5. The van der Waals surface area contributed by atoms with Crippen LogP contribution in [0.4, 0.5) is 16.0 Å². The number of nitrogens with zero attached hydrogens (tertiary/aromatic N) is 5. The van der Waals surface area contributed by atoms with Crippen molar-refractivity contribution in [3.05, 3.63) is 60.1 Å². The summed E-state index contributed by atoms with van der Waals surface area (Å²) >= 11 is 0. The number of nitrogens with two attached hydrogens (primary N) is 2. The molecule has 1 saturated heterocycles.